The van der Waals surface area contributed by atoms with Crippen LogP contribution in [-0.2, 0) is 23.1 Å². The van der Waals surface area contributed by atoms with Crippen molar-refractivity contribution in [2.75, 3.05) is 26.4 Å². The summed E-state index contributed by atoms with van der Waals surface area (Å²) >= 11 is 0. The molecule has 1 aliphatic carbocycles. The van der Waals surface area contributed by atoms with Crippen LogP contribution in [0.5, 0.6) is 0 Å². The molecule has 2 heterocycles. The summed E-state index contributed by atoms with van der Waals surface area (Å²) in [5.41, 5.74) is 0. The number of nitrogens with one attached hydrogen (secondary N) is 2. The molecule has 1 aromatic heterocycles. The first kappa shape index (κ1) is 19.1. The van der Waals surface area contributed by atoms with Gasteiger partial charge in [-0.15, -0.1) is 10.2 Å². The summed E-state index contributed by atoms with van der Waals surface area (Å²) in [5, 5.41) is 15.3. The first-order valence-electron chi connectivity index (χ1n) is 9.81. The second-order valence-electron chi connectivity index (χ2n) is 7.15. The lowest BCUT2D eigenvalue weighted by atomic mass is 10.2. The Bertz CT molecular complexity index is 576. The third-order valence-electron chi connectivity index (χ3n) is 5.11. The zero-order valence-electron chi connectivity index (χ0n) is 16.0. The van der Waals surface area contributed by atoms with Crippen LogP contribution in [0.25, 0.3) is 0 Å². The standard InChI is InChI=1S/C18H32N6O2/c1-14-22-23-17(24(14)2)12-20-18(21-15-6-3-4-7-15)19-9-5-10-26-16-8-11-25-13-16/h15-16H,3-13H2,1-2H3,(H2,19,20,21). The average Bonchev–Trinajstić information content (AvgIpc) is 3.38. The van der Waals surface area contributed by atoms with E-state index in [9.17, 15) is 0 Å². The van der Waals surface area contributed by atoms with E-state index in [1.807, 2.05) is 18.5 Å². The smallest absolute Gasteiger partial charge is 0.191 e. The highest BCUT2D eigenvalue weighted by atomic mass is 16.5. The molecule has 0 amide bonds. The molecule has 0 bridgehead atoms. The van der Waals surface area contributed by atoms with Gasteiger partial charge in [0.15, 0.2) is 11.8 Å². The number of hydrogen-bond donors (Lipinski definition) is 2. The van der Waals surface area contributed by atoms with Gasteiger partial charge >= 0.3 is 0 Å². The minimum Gasteiger partial charge on any atom is -0.379 e. The van der Waals surface area contributed by atoms with Crippen LogP contribution >= 0.6 is 0 Å². The van der Waals surface area contributed by atoms with Crippen LogP contribution in [0.4, 0.5) is 0 Å². The van der Waals surface area contributed by atoms with Crippen LogP contribution in [0.3, 0.4) is 0 Å². The lowest BCUT2D eigenvalue weighted by molar-refractivity contribution is 0.0420. The summed E-state index contributed by atoms with van der Waals surface area (Å²) in [7, 11) is 1.97. The predicted octanol–water partition coefficient (Wildman–Crippen LogP) is 1.30. The second kappa shape index (κ2) is 9.87. The van der Waals surface area contributed by atoms with Crippen molar-refractivity contribution in [3.05, 3.63) is 11.6 Å². The largest absolute Gasteiger partial charge is 0.379 e. The molecule has 2 N–H and O–H groups in total. The van der Waals surface area contributed by atoms with Crippen LogP contribution in [-0.4, -0.2) is 59.2 Å². The maximum atomic E-state index is 5.82. The van der Waals surface area contributed by atoms with Gasteiger partial charge in [-0.3, -0.25) is 0 Å². The van der Waals surface area contributed by atoms with Crippen molar-refractivity contribution < 1.29 is 9.47 Å². The van der Waals surface area contributed by atoms with Gasteiger partial charge in [-0.2, -0.15) is 0 Å². The number of hydrogen-bond acceptors (Lipinski definition) is 5. The van der Waals surface area contributed by atoms with Gasteiger partial charge in [0.05, 0.1) is 12.7 Å². The number of nitrogens with zero attached hydrogens (tertiary/aromatic N) is 4. The summed E-state index contributed by atoms with van der Waals surface area (Å²) in [5.74, 6) is 2.64. The molecular weight excluding hydrogens is 332 g/mol. The maximum Gasteiger partial charge on any atom is 0.191 e. The number of aryl methyl sites for hydroxylation is 1. The molecule has 8 nitrogen and oxygen atoms in total. The molecule has 1 saturated carbocycles. The molecule has 3 rings (SSSR count). The van der Waals surface area contributed by atoms with E-state index in [1.165, 1.54) is 25.7 Å². The monoisotopic (exact) mass is 364 g/mol. The van der Waals surface area contributed by atoms with Gasteiger partial charge in [-0.05, 0) is 32.6 Å². The summed E-state index contributed by atoms with van der Waals surface area (Å²) < 4.78 is 13.1. The van der Waals surface area contributed by atoms with E-state index in [4.69, 9.17) is 14.5 Å². The number of guanidine groups is 1. The molecule has 2 aliphatic rings. The topological polar surface area (TPSA) is 85.6 Å². The lowest BCUT2D eigenvalue weighted by Crippen LogP contribution is -2.43. The summed E-state index contributed by atoms with van der Waals surface area (Å²) in [4.78, 5) is 4.72. The highest BCUT2D eigenvalue weighted by molar-refractivity contribution is 5.80. The first-order chi connectivity index (χ1) is 12.7. The molecule has 1 atom stereocenters. The zero-order chi connectivity index (χ0) is 18.2. The van der Waals surface area contributed by atoms with Crippen LogP contribution in [0, 0.1) is 6.92 Å². The minimum absolute atomic E-state index is 0.277. The van der Waals surface area contributed by atoms with Crippen LogP contribution < -0.4 is 10.6 Å². The van der Waals surface area contributed by atoms with Crippen molar-refractivity contribution in [3.8, 4) is 0 Å². The number of rotatable bonds is 8. The van der Waals surface area contributed by atoms with E-state index >= 15 is 0 Å². The summed E-state index contributed by atoms with van der Waals surface area (Å²) in [6.45, 7) is 5.62. The molecule has 0 radical (unpaired) electrons. The zero-order valence-corrected chi connectivity index (χ0v) is 16.0. The molecule has 0 spiro atoms. The molecule has 8 heteroatoms. The van der Waals surface area contributed by atoms with Crippen molar-refractivity contribution in [2.24, 2.45) is 12.0 Å². The van der Waals surface area contributed by atoms with Gasteiger partial charge < -0.3 is 24.7 Å². The quantitative estimate of drug-likeness (QED) is 0.411. The Morgan fingerprint density at radius 2 is 2.15 bits per heavy atom. The Hall–Kier alpha value is -1.67. The van der Waals surface area contributed by atoms with E-state index in [1.54, 1.807) is 0 Å². The Morgan fingerprint density at radius 3 is 2.85 bits per heavy atom. The Morgan fingerprint density at radius 1 is 1.31 bits per heavy atom. The molecular formula is C18H32N6O2. The molecule has 0 aromatic carbocycles. The minimum atomic E-state index is 0.277. The molecule has 1 aliphatic heterocycles. The van der Waals surface area contributed by atoms with Crippen LogP contribution in [0.2, 0.25) is 0 Å². The first-order valence-corrected chi connectivity index (χ1v) is 9.81. The Labute approximate surface area is 155 Å². The SMILES string of the molecule is Cc1nnc(CN=C(NCCCOC2CCOC2)NC2CCCC2)n1C. The molecule has 1 unspecified atom stereocenters. The maximum absolute atomic E-state index is 5.82. The molecule has 2 fully saturated rings. The fraction of sp³-hybridized carbons (Fsp3) is 0.833. The van der Waals surface area contributed by atoms with Crippen molar-refractivity contribution >= 4 is 5.96 Å². The van der Waals surface area contributed by atoms with Crippen LogP contribution in [0.1, 0.15) is 50.2 Å². The molecule has 1 saturated heterocycles. The van der Waals surface area contributed by atoms with Gasteiger partial charge in [0.2, 0.25) is 0 Å². The van der Waals surface area contributed by atoms with Gasteiger partial charge in [0.25, 0.3) is 0 Å². The molecule has 1 aromatic rings. The summed E-state index contributed by atoms with van der Waals surface area (Å²) in [6.07, 6.45) is 7.27. The van der Waals surface area contributed by atoms with Gasteiger partial charge in [0, 0.05) is 32.8 Å². The Balaban J connectivity index is 1.45. The molecule has 26 heavy (non-hydrogen) atoms. The predicted molar refractivity (Wildman–Crippen MR) is 100 cm³/mol. The average molecular weight is 364 g/mol. The van der Waals surface area contributed by atoms with Gasteiger partial charge in [-0.25, -0.2) is 4.99 Å². The third-order valence-corrected chi connectivity index (χ3v) is 5.11. The number of aromatic nitrogens is 3. The molecule has 146 valence electrons. The fourth-order valence-electron chi connectivity index (χ4n) is 3.33. The van der Waals surface area contributed by atoms with Crippen molar-refractivity contribution in [1.82, 2.24) is 25.4 Å². The third kappa shape index (κ3) is 5.67. The van der Waals surface area contributed by atoms with Crippen molar-refractivity contribution in [1.29, 1.82) is 0 Å². The normalized spacial score (nSPS) is 21.5. The Kier molecular flexibility index (Phi) is 7.25. The van der Waals surface area contributed by atoms with Crippen LogP contribution in [0.15, 0.2) is 4.99 Å². The van der Waals surface area contributed by atoms with E-state index in [-0.39, 0.29) is 6.10 Å². The number of ether oxygens (including phenoxy) is 2. The van der Waals surface area contributed by atoms with E-state index < -0.39 is 0 Å². The highest BCUT2D eigenvalue weighted by Gasteiger charge is 2.17. The van der Waals surface area contributed by atoms with Gasteiger partial charge in [0.1, 0.15) is 12.4 Å². The fourth-order valence-corrected chi connectivity index (χ4v) is 3.33. The van der Waals surface area contributed by atoms with E-state index in [0.717, 1.165) is 56.8 Å². The highest BCUT2D eigenvalue weighted by Crippen LogP contribution is 2.17. The van der Waals surface area contributed by atoms with Gasteiger partial charge in [-0.1, -0.05) is 12.8 Å². The van der Waals surface area contributed by atoms with E-state index in [0.29, 0.717) is 12.6 Å². The van der Waals surface area contributed by atoms with Crippen molar-refractivity contribution in [3.63, 3.8) is 0 Å². The van der Waals surface area contributed by atoms with Crippen molar-refractivity contribution in [2.45, 2.75) is 64.1 Å². The lowest BCUT2D eigenvalue weighted by Gasteiger charge is -2.17. The summed E-state index contributed by atoms with van der Waals surface area (Å²) in [6, 6.07) is 0.523. The second-order valence-corrected chi connectivity index (χ2v) is 7.15. The number of aliphatic imine (C=N–C) groups is 1. The van der Waals surface area contributed by atoms with E-state index in [2.05, 4.69) is 20.8 Å².